The third kappa shape index (κ3) is 3.70. The number of hydrogen-bond donors (Lipinski definition) is 1. The highest BCUT2D eigenvalue weighted by atomic mass is 32.1. The molecular formula is C15H20N2O2S. The number of carbonyl (C=O) groups is 1. The Labute approximate surface area is 125 Å². The van der Waals surface area contributed by atoms with Crippen LogP contribution in [0.1, 0.15) is 18.4 Å². The fourth-order valence-corrected chi connectivity index (χ4v) is 2.71. The maximum Gasteiger partial charge on any atom is 0.308 e. The molecule has 0 amide bonds. The van der Waals surface area contributed by atoms with Crippen LogP contribution in [0.5, 0.6) is 0 Å². The Kier molecular flexibility index (Phi) is 4.95. The molecule has 0 atom stereocenters. The van der Waals surface area contributed by atoms with Crippen molar-refractivity contribution in [2.45, 2.75) is 19.8 Å². The molecule has 1 aliphatic rings. The quantitative estimate of drug-likeness (QED) is 0.670. The molecule has 1 aromatic rings. The predicted octanol–water partition coefficient (Wildman–Crippen LogP) is 2.58. The standard InChI is InChI=1S/C15H20N2O2S/c1-11-4-3-5-13(10-11)16-15(20)17-8-6-12(7-9-17)14(18)19-2/h3-5,10,12H,6-9H2,1-2H3,(H,16,20). The number of rotatable bonds is 2. The lowest BCUT2D eigenvalue weighted by Gasteiger charge is -2.32. The second kappa shape index (κ2) is 6.70. The maximum absolute atomic E-state index is 11.5. The normalized spacial score (nSPS) is 15.8. The number of nitrogens with zero attached hydrogens (tertiary/aromatic N) is 1. The van der Waals surface area contributed by atoms with E-state index in [1.807, 2.05) is 12.1 Å². The summed E-state index contributed by atoms with van der Waals surface area (Å²) >= 11 is 5.43. The first kappa shape index (κ1) is 14.8. The number of benzene rings is 1. The number of nitrogens with one attached hydrogen (secondary N) is 1. The van der Waals surface area contributed by atoms with Crippen LogP contribution >= 0.6 is 12.2 Å². The number of ether oxygens (including phenoxy) is 1. The summed E-state index contributed by atoms with van der Waals surface area (Å²) < 4.78 is 4.79. The lowest BCUT2D eigenvalue weighted by molar-refractivity contribution is -0.146. The van der Waals surface area contributed by atoms with E-state index in [0.717, 1.165) is 36.7 Å². The topological polar surface area (TPSA) is 41.6 Å². The van der Waals surface area contributed by atoms with Gasteiger partial charge >= 0.3 is 5.97 Å². The minimum Gasteiger partial charge on any atom is -0.469 e. The summed E-state index contributed by atoms with van der Waals surface area (Å²) in [5.74, 6) is -0.0970. The second-order valence-electron chi connectivity index (χ2n) is 5.08. The summed E-state index contributed by atoms with van der Waals surface area (Å²) in [6, 6.07) is 8.12. The zero-order valence-electron chi connectivity index (χ0n) is 11.9. The van der Waals surface area contributed by atoms with Crippen molar-refractivity contribution in [2.24, 2.45) is 5.92 Å². The maximum atomic E-state index is 11.5. The van der Waals surface area contributed by atoms with Crippen LogP contribution in [0, 0.1) is 12.8 Å². The molecule has 0 bridgehead atoms. The highest BCUT2D eigenvalue weighted by molar-refractivity contribution is 7.80. The van der Waals surface area contributed by atoms with Gasteiger partial charge in [0.25, 0.3) is 0 Å². The minimum atomic E-state index is -0.109. The highest BCUT2D eigenvalue weighted by Gasteiger charge is 2.26. The Morgan fingerprint density at radius 1 is 1.40 bits per heavy atom. The Bertz CT molecular complexity index is 496. The number of anilines is 1. The van der Waals surface area contributed by atoms with Crippen LogP contribution in [0.25, 0.3) is 0 Å². The van der Waals surface area contributed by atoms with Crippen molar-refractivity contribution >= 4 is 29.0 Å². The molecule has 20 heavy (non-hydrogen) atoms. The molecule has 0 unspecified atom stereocenters. The summed E-state index contributed by atoms with van der Waals surface area (Å²) in [5.41, 5.74) is 2.20. The van der Waals surface area contributed by atoms with Gasteiger partial charge in [0.1, 0.15) is 0 Å². The number of carbonyl (C=O) groups excluding carboxylic acids is 1. The lowest BCUT2D eigenvalue weighted by atomic mass is 9.97. The van der Waals surface area contributed by atoms with E-state index < -0.39 is 0 Å². The summed E-state index contributed by atoms with van der Waals surface area (Å²) in [4.78, 5) is 13.6. The van der Waals surface area contributed by atoms with Gasteiger partial charge in [-0.15, -0.1) is 0 Å². The Morgan fingerprint density at radius 2 is 2.10 bits per heavy atom. The van der Waals surface area contributed by atoms with Gasteiger partial charge in [-0.3, -0.25) is 4.79 Å². The van der Waals surface area contributed by atoms with E-state index in [9.17, 15) is 4.79 Å². The number of methoxy groups -OCH3 is 1. The molecule has 5 heteroatoms. The molecular weight excluding hydrogens is 272 g/mol. The van der Waals surface area contributed by atoms with Crippen LogP contribution in [0.4, 0.5) is 5.69 Å². The van der Waals surface area contributed by atoms with Crippen LogP contribution in [0.3, 0.4) is 0 Å². The van der Waals surface area contributed by atoms with Gasteiger partial charge in [0.05, 0.1) is 13.0 Å². The van der Waals surface area contributed by atoms with Crippen molar-refractivity contribution in [2.75, 3.05) is 25.5 Å². The van der Waals surface area contributed by atoms with Crippen molar-refractivity contribution in [3.05, 3.63) is 29.8 Å². The average molecular weight is 292 g/mol. The number of thiocarbonyl (C=S) groups is 1. The van der Waals surface area contributed by atoms with E-state index in [1.54, 1.807) is 0 Å². The minimum absolute atomic E-state index is 0.0121. The number of esters is 1. The number of hydrogen-bond acceptors (Lipinski definition) is 3. The van der Waals surface area contributed by atoms with Crippen LogP contribution in [0.2, 0.25) is 0 Å². The molecule has 1 aliphatic heterocycles. The number of aryl methyl sites for hydroxylation is 1. The van der Waals surface area contributed by atoms with E-state index in [1.165, 1.54) is 12.7 Å². The smallest absolute Gasteiger partial charge is 0.308 e. The molecule has 0 spiro atoms. The van der Waals surface area contributed by atoms with Gasteiger partial charge in [-0.05, 0) is 49.7 Å². The van der Waals surface area contributed by atoms with Crippen LogP contribution < -0.4 is 5.32 Å². The number of likely N-dealkylation sites (tertiary alicyclic amines) is 1. The molecule has 0 aliphatic carbocycles. The molecule has 0 aromatic heterocycles. The first-order valence-electron chi connectivity index (χ1n) is 6.80. The van der Waals surface area contributed by atoms with Gasteiger partial charge < -0.3 is 15.0 Å². The van der Waals surface area contributed by atoms with Crippen molar-refractivity contribution in [1.29, 1.82) is 0 Å². The van der Waals surface area contributed by atoms with Crippen LogP contribution in [-0.4, -0.2) is 36.2 Å². The van der Waals surface area contributed by atoms with Crippen molar-refractivity contribution in [3.8, 4) is 0 Å². The van der Waals surface area contributed by atoms with E-state index in [2.05, 4.69) is 29.3 Å². The average Bonchev–Trinajstić information content (AvgIpc) is 2.46. The molecule has 1 aromatic carbocycles. The van der Waals surface area contributed by atoms with Crippen molar-refractivity contribution in [3.63, 3.8) is 0 Å². The van der Waals surface area contributed by atoms with Crippen LogP contribution in [-0.2, 0) is 9.53 Å². The van der Waals surface area contributed by atoms with Crippen LogP contribution in [0.15, 0.2) is 24.3 Å². The largest absolute Gasteiger partial charge is 0.469 e. The van der Waals surface area contributed by atoms with E-state index in [-0.39, 0.29) is 11.9 Å². The Hall–Kier alpha value is -1.62. The zero-order chi connectivity index (χ0) is 14.5. The van der Waals surface area contributed by atoms with Gasteiger partial charge in [-0.25, -0.2) is 0 Å². The molecule has 1 fully saturated rings. The Balaban J connectivity index is 1.87. The highest BCUT2D eigenvalue weighted by Crippen LogP contribution is 2.19. The molecule has 4 nitrogen and oxygen atoms in total. The fourth-order valence-electron chi connectivity index (χ4n) is 2.41. The van der Waals surface area contributed by atoms with E-state index in [0.29, 0.717) is 0 Å². The first-order chi connectivity index (χ1) is 9.60. The first-order valence-corrected chi connectivity index (χ1v) is 7.21. The fraction of sp³-hybridized carbons (Fsp3) is 0.467. The molecule has 1 saturated heterocycles. The molecule has 1 N–H and O–H groups in total. The zero-order valence-corrected chi connectivity index (χ0v) is 12.7. The Morgan fingerprint density at radius 3 is 2.70 bits per heavy atom. The third-order valence-electron chi connectivity index (χ3n) is 3.59. The molecule has 0 saturated carbocycles. The van der Waals surface area contributed by atoms with Gasteiger partial charge in [-0.2, -0.15) is 0 Å². The SMILES string of the molecule is COC(=O)C1CCN(C(=S)Nc2cccc(C)c2)CC1. The van der Waals surface area contributed by atoms with Gasteiger partial charge in [0.2, 0.25) is 0 Å². The second-order valence-corrected chi connectivity index (χ2v) is 5.47. The molecule has 0 radical (unpaired) electrons. The van der Waals surface area contributed by atoms with Crippen molar-refractivity contribution < 1.29 is 9.53 Å². The predicted molar refractivity (Wildman–Crippen MR) is 83.7 cm³/mol. The van der Waals surface area contributed by atoms with E-state index in [4.69, 9.17) is 17.0 Å². The molecule has 1 heterocycles. The summed E-state index contributed by atoms with van der Waals surface area (Å²) in [5, 5.41) is 3.97. The van der Waals surface area contributed by atoms with Gasteiger partial charge in [0, 0.05) is 18.8 Å². The third-order valence-corrected chi connectivity index (χ3v) is 3.95. The summed E-state index contributed by atoms with van der Waals surface area (Å²) in [7, 11) is 1.44. The summed E-state index contributed by atoms with van der Waals surface area (Å²) in [6.07, 6.45) is 1.59. The molecule has 2 rings (SSSR count). The van der Waals surface area contributed by atoms with Crippen molar-refractivity contribution in [1.82, 2.24) is 4.90 Å². The van der Waals surface area contributed by atoms with Gasteiger partial charge in [0.15, 0.2) is 5.11 Å². The monoisotopic (exact) mass is 292 g/mol. The summed E-state index contributed by atoms with van der Waals surface area (Å²) in [6.45, 7) is 3.63. The lowest BCUT2D eigenvalue weighted by Crippen LogP contribution is -2.42. The molecule has 108 valence electrons. The van der Waals surface area contributed by atoms with Gasteiger partial charge in [-0.1, -0.05) is 12.1 Å². The van der Waals surface area contributed by atoms with E-state index >= 15 is 0 Å². The number of piperidine rings is 1.